The molecule has 6 rings (SSSR count). The van der Waals surface area contributed by atoms with E-state index in [1.807, 2.05) is 6.07 Å². The van der Waals surface area contributed by atoms with Gasteiger partial charge in [0.2, 0.25) is 11.8 Å². The molecule has 3 heterocycles. The van der Waals surface area contributed by atoms with Crippen molar-refractivity contribution in [2.45, 2.75) is 98.2 Å². The van der Waals surface area contributed by atoms with Crippen LogP contribution in [0.3, 0.4) is 0 Å². The Labute approximate surface area is 326 Å². The Bertz CT molecular complexity index is 2090. The first kappa shape index (κ1) is 41.0. The molecule has 5 amide bonds. The number of benzene rings is 3. The van der Waals surface area contributed by atoms with E-state index in [-0.39, 0.29) is 31.4 Å². The summed E-state index contributed by atoms with van der Waals surface area (Å²) in [5.74, 6) is -0.702. The van der Waals surface area contributed by atoms with Crippen molar-refractivity contribution in [1.82, 2.24) is 15.2 Å². The minimum Gasteiger partial charge on any atom is -0.444 e. The SMILES string of the molecule is CC(C)(C)OC(=O)N1CC(=O)Nc2cccc(c2)CNC(=O)C(Nc2ccc3c(N(C(=O)OC(C)(C)C)C(=O)OC(C)(C)C)nccc3c2)c2ccc(cc2)C1. The third-order valence-electron chi connectivity index (χ3n) is 8.03. The van der Waals surface area contributed by atoms with E-state index in [9.17, 15) is 24.0 Å². The number of hydrogen-bond donors (Lipinski definition) is 3. The van der Waals surface area contributed by atoms with Gasteiger partial charge in [-0.1, -0.05) is 36.4 Å². The van der Waals surface area contributed by atoms with Gasteiger partial charge in [-0.2, -0.15) is 4.90 Å². The highest BCUT2D eigenvalue weighted by atomic mass is 16.6. The molecule has 1 unspecified atom stereocenters. The van der Waals surface area contributed by atoms with Crippen molar-refractivity contribution in [3.63, 3.8) is 0 Å². The van der Waals surface area contributed by atoms with Gasteiger partial charge in [-0.25, -0.2) is 19.4 Å². The monoisotopic (exact) mass is 766 g/mol. The summed E-state index contributed by atoms with van der Waals surface area (Å²) < 4.78 is 16.8. The van der Waals surface area contributed by atoms with Crippen molar-refractivity contribution in [3.05, 3.63) is 95.7 Å². The molecule has 4 bridgehead atoms. The maximum atomic E-state index is 14.0. The second-order valence-corrected chi connectivity index (χ2v) is 16.5. The molecule has 0 radical (unpaired) electrons. The van der Waals surface area contributed by atoms with Gasteiger partial charge in [0.15, 0.2) is 5.82 Å². The average molecular weight is 767 g/mol. The van der Waals surface area contributed by atoms with E-state index < -0.39 is 47.0 Å². The van der Waals surface area contributed by atoms with E-state index in [2.05, 4.69) is 20.9 Å². The van der Waals surface area contributed by atoms with Gasteiger partial charge < -0.3 is 30.2 Å². The van der Waals surface area contributed by atoms with Crippen LogP contribution in [-0.4, -0.2) is 63.3 Å². The second kappa shape index (κ2) is 16.3. The van der Waals surface area contributed by atoms with Crippen molar-refractivity contribution < 1.29 is 38.2 Å². The van der Waals surface area contributed by atoms with Crippen LogP contribution in [-0.2, 0) is 36.9 Å². The van der Waals surface area contributed by atoms with Crippen LogP contribution >= 0.6 is 0 Å². The van der Waals surface area contributed by atoms with Crippen molar-refractivity contribution in [1.29, 1.82) is 0 Å². The lowest BCUT2D eigenvalue weighted by molar-refractivity contribution is -0.122. The number of nitrogens with one attached hydrogen (secondary N) is 3. The molecule has 1 atom stereocenters. The van der Waals surface area contributed by atoms with Crippen molar-refractivity contribution in [2.24, 2.45) is 0 Å². The Morgan fingerprint density at radius 3 is 2.04 bits per heavy atom. The first-order chi connectivity index (χ1) is 26.1. The van der Waals surface area contributed by atoms with Gasteiger partial charge in [0, 0.05) is 36.0 Å². The van der Waals surface area contributed by atoms with Crippen LogP contribution in [0.2, 0.25) is 0 Å². The molecule has 0 fully saturated rings. The summed E-state index contributed by atoms with van der Waals surface area (Å²) in [6.07, 6.45) is -1.05. The highest BCUT2D eigenvalue weighted by molar-refractivity contribution is 6.14. The molecule has 14 heteroatoms. The van der Waals surface area contributed by atoms with E-state index in [1.165, 1.54) is 11.1 Å². The molecule has 0 saturated heterocycles. The molecule has 0 saturated carbocycles. The standard InChI is InChI=1S/C42H50N6O8/c1-40(2,3)54-37(51)47-24-26-13-15-28(16-14-26)34(36(50)44-23-27-11-10-12-30(21-27)45-33(49)25-47)46-31-17-18-32-29(22-31)19-20-43-35(32)48(38(52)55-41(4,5)6)39(53)56-42(7,8)9/h10-22,34,46H,23-25H2,1-9H3,(H,44,50)(H,45,49). The van der Waals surface area contributed by atoms with Gasteiger partial charge in [-0.05, 0) is 121 Å². The summed E-state index contributed by atoms with van der Waals surface area (Å²) in [6, 6.07) is 20.3. The normalized spacial score (nSPS) is 15.4. The number of amides is 5. The maximum Gasteiger partial charge on any atom is 0.425 e. The molecule has 2 aliphatic rings. The molecule has 56 heavy (non-hydrogen) atoms. The van der Waals surface area contributed by atoms with Gasteiger partial charge in [0.25, 0.3) is 0 Å². The number of carbonyl (C=O) groups is 5. The Balaban J connectivity index is 1.50. The third kappa shape index (κ3) is 11.2. The predicted molar refractivity (Wildman–Crippen MR) is 213 cm³/mol. The number of carbonyl (C=O) groups excluding carboxylic acids is 5. The van der Waals surface area contributed by atoms with Crippen molar-refractivity contribution in [3.8, 4) is 0 Å². The van der Waals surface area contributed by atoms with Crippen molar-refractivity contribution in [2.75, 3.05) is 22.1 Å². The van der Waals surface area contributed by atoms with E-state index >= 15 is 0 Å². The number of hydrogen-bond acceptors (Lipinski definition) is 10. The quantitative estimate of drug-likeness (QED) is 0.173. The summed E-state index contributed by atoms with van der Waals surface area (Å²) in [7, 11) is 0. The molecule has 3 N–H and O–H groups in total. The highest BCUT2D eigenvalue weighted by Gasteiger charge is 2.35. The van der Waals surface area contributed by atoms with Crippen molar-refractivity contribution >= 4 is 58.1 Å². The summed E-state index contributed by atoms with van der Waals surface area (Å²) >= 11 is 0. The van der Waals surface area contributed by atoms with E-state index in [0.717, 1.165) is 10.5 Å². The van der Waals surface area contributed by atoms with Crippen LogP contribution in [0.4, 0.5) is 31.6 Å². The Kier molecular flexibility index (Phi) is 11.9. The summed E-state index contributed by atoms with van der Waals surface area (Å²) in [5, 5.41) is 10.3. The second-order valence-electron chi connectivity index (χ2n) is 16.5. The minimum absolute atomic E-state index is 0.0226. The summed E-state index contributed by atoms with van der Waals surface area (Å²) in [5.41, 5.74) is 0.580. The topological polar surface area (TPSA) is 168 Å². The van der Waals surface area contributed by atoms with Crippen LogP contribution in [0.5, 0.6) is 0 Å². The fraction of sp³-hybridized carbons (Fsp3) is 0.381. The number of imide groups is 1. The number of ether oxygens (including phenoxy) is 3. The molecule has 4 aromatic rings. The number of aromatic nitrogens is 1. The Morgan fingerprint density at radius 1 is 0.768 bits per heavy atom. The number of fused-ring (bicyclic) bond motifs is 10. The number of nitrogens with zero attached hydrogens (tertiary/aromatic N) is 3. The zero-order valence-electron chi connectivity index (χ0n) is 33.3. The molecule has 1 aromatic heterocycles. The van der Waals surface area contributed by atoms with Crippen LogP contribution in [0.1, 0.15) is 85.0 Å². The zero-order chi connectivity index (χ0) is 41.0. The van der Waals surface area contributed by atoms with Crippen LogP contribution in [0.15, 0.2) is 79.0 Å². The van der Waals surface area contributed by atoms with Gasteiger partial charge in [0.1, 0.15) is 29.4 Å². The Hall–Kier alpha value is -6.18. The highest BCUT2D eigenvalue weighted by Crippen LogP contribution is 2.31. The smallest absolute Gasteiger partial charge is 0.425 e. The summed E-state index contributed by atoms with van der Waals surface area (Å²) in [6.45, 7) is 15.4. The molecular weight excluding hydrogens is 716 g/mol. The number of rotatable bonds is 3. The molecular formula is C42H50N6O8. The number of pyridine rings is 1. The van der Waals surface area contributed by atoms with Gasteiger partial charge >= 0.3 is 18.3 Å². The van der Waals surface area contributed by atoms with E-state index in [4.69, 9.17) is 14.2 Å². The largest absolute Gasteiger partial charge is 0.444 e. The van der Waals surface area contributed by atoms with Crippen LogP contribution in [0, 0.1) is 0 Å². The molecule has 296 valence electrons. The number of anilines is 3. The molecule has 2 aliphatic heterocycles. The maximum absolute atomic E-state index is 14.0. The lowest BCUT2D eigenvalue weighted by atomic mass is 10.0. The molecule has 3 aromatic carbocycles. The van der Waals surface area contributed by atoms with Gasteiger partial charge in [0.05, 0.1) is 0 Å². The fourth-order valence-electron chi connectivity index (χ4n) is 5.73. The van der Waals surface area contributed by atoms with E-state index in [0.29, 0.717) is 33.3 Å². The van der Waals surface area contributed by atoms with Gasteiger partial charge in [-0.15, -0.1) is 0 Å². The predicted octanol–water partition coefficient (Wildman–Crippen LogP) is 8.07. The Morgan fingerprint density at radius 2 is 1.41 bits per heavy atom. The minimum atomic E-state index is -0.942. The molecule has 0 aliphatic carbocycles. The average Bonchev–Trinajstić information content (AvgIpc) is 3.07. The van der Waals surface area contributed by atoms with Crippen LogP contribution < -0.4 is 20.9 Å². The van der Waals surface area contributed by atoms with E-state index in [1.54, 1.807) is 129 Å². The summed E-state index contributed by atoms with van der Waals surface area (Å²) in [4.78, 5) is 73.6. The lowest BCUT2D eigenvalue weighted by Crippen LogP contribution is -2.44. The van der Waals surface area contributed by atoms with Gasteiger partial charge in [-0.3, -0.25) is 14.5 Å². The molecule has 14 nitrogen and oxygen atoms in total. The third-order valence-corrected chi connectivity index (χ3v) is 8.03. The lowest BCUT2D eigenvalue weighted by Gasteiger charge is -2.28. The first-order valence-corrected chi connectivity index (χ1v) is 18.3. The fourth-order valence-corrected chi connectivity index (χ4v) is 5.73. The zero-order valence-corrected chi connectivity index (χ0v) is 33.3. The van der Waals surface area contributed by atoms with Crippen LogP contribution in [0.25, 0.3) is 10.8 Å². The first-order valence-electron chi connectivity index (χ1n) is 18.3. The molecule has 0 spiro atoms.